The minimum atomic E-state index is 0.367. The summed E-state index contributed by atoms with van der Waals surface area (Å²) in [5, 5.41) is 8.55. The Labute approximate surface area is 99.1 Å². The maximum absolute atomic E-state index is 8.55. The van der Waals surface area contributed by atoms with Gasteiger partial charge in [-0.2, -0.15) is 5.26 Å². The Bertz CT molecular complexity index is 401. The van der Waals surface area contributed by atoms with Crippen LogP contribution in [-0.4, -0.2) is 27.1 Å². The van der Waals surface area contributed by atoms with E-state index < -0.39 is 0 Å². The molecule has 0 saturated carbocycles. The number of nitriles is 1. The van der Waals surface area contributed by atoms with Gasteiger partial charge in [0.25, 0.3) is 0 Å². The first-order chi connectivity index (χ1) is 7.76. The number of rotatable bonds is 5. The van der Waals surface area contributed by atoms with Crippen molar-refractivity contribution in [1.29, 1.82) is 5.26 Å². The van der Waals surface area contributed by atoms with Crippen molar-refractivity contribution in [1.82, 2.24) is 0 Å². The molecule has 0 atom stereocenters. The Morgan fingerprint density at radius 2 is 1.62 bits per heavy atom. The van der Waals surface area contributed by atoms with E-state index in [0.29, 0.717) is 23.0 Å². The largest absolute Gasteiger partial charge is 0.495 e. The number of methoxy groups -OCH3 is 3. The van der Waals surface area contributed by atoms with Crippen molar-refractivity contribution in [3.05, 3.63) is 12.1 Å². The second-order valence-electron chi connectivity index (χ2n) is 2.80. The van der Waals surface area contributed by atoms with Crippen molar-refractivity contribution in [2.45, 2.75) is 4.90 Å². The van der Waals surface area contributed by atoms with Gasteiger partial charge in [0.1, 0.15) is 5.75 Å². The smallest absolute Gasteiger partial charge is 0.164 e. The molecule has 4 nitrogen and oxygen atoms in total. The SMILES string of the molecule is COc1cc(OC)c(SCC#N)cc1OC. The van der Waals surface area contributed by atoms with Crippen LogP contribution in [0.1, 0.15) is 0 Å². The van der Waals surface area contributed by atoms with Gasteiger partial charge in [-0.05, 0) is 0 Å². The van der Waals surface area contributed by atoms with Crippen LogP contribution in [0.4, 0.5) is 0 Å². The zero-order valence-corrected chi connectivity index (χ0v) is 10.3. The van der Waals surface area contributed by atoms with Gasteiger partial charge >= 0.3 is 0 Å². The summed E-state index contributed by atoms with van der Waals surface area (Å²) in [6.07, 6.45) is 0. The molecule has 16 heavy (non-hydrogen) atoms. The van der Waals surface area contributed by atoms with Crippen molar-refractivity contribution < 1.29 is 14.2 Å². The highest BCUT2D eigenvalue weighted by molar-refractivity contribution is 7.99. The topological polar surface area (TPSA) is 51.5 Å². The van der Waals surface area contributed by atoms with E-state index in [9.17, 15) is 0 Å². The average molecular weight is 239 g/mol. The molecule has 0 N–H and O–H groups in total. The van der Waals surface area contributed by atoms with Gasteiger partial charge in [-0.3, -0.25) is 0 Å². The lowest BCUT2D eigenvalue weighted by Crippen LogP contribution is -1.94. The van der Waals surface area contributed by atoms with Crippen molar-refractivity contribution in [3.63, 3.8) is 0 Å². The summed E-state index contributed by atoms with van der Waals surface area (Å²) in [6.45, 7) is 0. The summed E-state index contributed by atoms with van der Waals surface area (Å²) in [5.41, 5.74) is 0. The van der Waals surface area contributed by atoms with Gasteiger partial charge in [-0.25, -0.2) is 0 Å². The molecule has 0 spiro atoms. The number of thioether (sulfide) groups is 1. The molecule has 86 valence electrons. The van der Waals surface area contributed by atoms with Crippen LogP contribution in [0, 0.1) is 11.3 Å². The van der Waals surface area contributed by atoms with E-state index in [1.165, 1.54) is 11.8 Å². The number of ether oxygens (including phenoxy) is 3. The molecule has 0 aliphatic rings. The first kappa shape index (κ1) is 12.5. The van der Waals surface area contributed by atoms with E-state index in [0.717, 1.165) is 4.90 Å². The van der Waals surface area contributed by atoms with E-state index in [-0.39, 0.29) is 0 Å². The first-order valence-corrected chi connectivity index (χ1v) is 5.55. The summed E-state index contributed by atoms with van der Waals surface area (Å²) in [4.78, 5) is 0.863. The lowest BCUT2D eigenvalue weighted by Gasteiger charge is -2.12. The zero-order valence-electron chi connectivity index (χ0n) is 9.44. The van der Waals surface area contributed by atoms with E-state index in [4.69, 9.17) is 19.5 Å². The Morgan fingerprint density at radius 3 is 2.12 bits per heavy atom. The number of benzene rings is 1. The van der Waals surface area contributed by atoms with Gasteiger partial charge in [0.2, 0.25) is 0 Å². The molecule has 0 fully saturated rings. The fourth-order valence-corrected chi connectivity index (χ4v) is 1.92. The number of hydrogen-bond acceptors (Lipinski definition) is 5. The molecular weight excluding hydrogens is 226 g/mol. The normalized spacial score (nSPS) is 9.38. The third kappa shape index (κ3) is 2.74. The Hall–Kier alpha value is -1.54. The maximum atomic E-state index is 8.55. The summed E-state index contributed by atoms with van der Waals surface area (Å²) >= 11 is 1.40. The van der Waals surface area contributed by atoms with Gasteiger partial charge in [0, 0.05) is 12.1 Å². The second-order valence-corrected chi connectivity index (χ2v) is 3.82. The van der Waals surface area contributed by atoms with Crippen LogP contribution in [0.15, 0.2) is 17.0 Å². The zero-order chi connectivity index (χ0) is 12.0. The fourth-order valence-electron chi connectivity index (χ4n) is 1.22. The summed E-state index contributed by atoms with van der Waals surface area (Å²) < 4.78 is 15.6. The molecule has 0 aromatic heterocycles. The lowest BCUT2D eigenvalue weighted by molar-refractivity contribution is 0.345. The molecule has 1 aromatic carbocycles. The standard InChI is InChI=1S/C11H13NO3S/c1-13-8-6-10(15-3)11(16-5-4-12)7-9(8)14-2/h6-7H,5H2,1-3H3. The minimum Gasteiger partial charge on any atom is -0.495 e. The second kappa shape index (κ2) is 6.13. The molecule has 0 radical (unpaired) electrons. The van der Waals surface area contributed by atoms with Gasteiger partial charge in [-0.1, -0.05) is 0 Å². The van der Waals surface area contributed by atoms with E-state index >= 15 is 0 Å². The van der Waals surface area contributed by atoms with Crippen LogP contribution in [-0.2, 0) is 0 Å². The van der Waals surface area contributed by atoms with Gasteiger partial charge in [0.05, 0.1) is 38.0 Å². The van der Waals surface area contributed by atoms with Crippen LogP contribution in [0.3, 0.4) is 0 Å². The Balaban J connectivity index is 3.11. The van der Waals surface area contributed by atoms with E-state index in [2.05, 4.69) is 6.07 Å². The molecule has 0 aliphatic carbocycles. The Morgan fingerprint density at radius 1 is 1.06 bits per heavy atom. The summed E-state index contributed by atoms with van der Waals surface area (Å²) in [6, 6.07) is 5.62. The molecule has 1 aromatic rings. The third-order valence-corrected chi connectivity index (χ3v) is 2.87. The van der Waals surface area contributed by atoms with Crippen molar-refractivity contribution in [3.8, 4) is 23.3 Å². The van der Waals surface area contributed by atoms with Crippen molar-refractivity contribution in [2.75, 3.05) is 27.1 Å². The quantitative estimate of drug-likeness (QED) is 0.738. The van der Waals surface area contributed by atoms with E-state index in [1.807, 2.05) is 0 Å². The molecule has 0 unspecified atom stereocenters. The minimum absolute atomic E-state index is 0.367. The lowest BCUT2D eigenvalue weighted by atomic mass is 10.3. The monoisotopic (exact) mass is 239 g/mol. The maximum Gasteiger partial charge on any atom is 0.164 e. The third-order valence-electron chi connectivity index (χ3n) is 1.96. The molecule has 0 heterocycles. The fraction of sp³-hybridized carbons (Fsp3) is 0.364. The molecule has 0 aliphatic heterocycles. The van der Waals surface area contributed by atoms with Gasteiger partial charge in [-0.15, -0.1) is 11.8 Å². The van der Waals surface area contributed by atoms with Crippen LogP contribution < -0.4 is 14.2 Å². The van der Waals surface area contributed by atoms with E-state index in [1.54, 1.807) is 33.5 Å². The predicted octanol–water partition coefficient (Wildman–Crippen LogP) is 2.33. The van der Waals surface area contributed by atoms with Crippen LogP contribution in [0.5, 0.6) is 17.2 Å². The number of hydrogen-bond donors (Lipinski definition) is 0. The predicted molar refractivity (Wildman–Crippen MR) is 62.4 cm³/mol. The van der Waals surface area contributed by atoms with Gasteiger partial charge < -0.3 is 14.2 Å². The highest BCUT2D eigenvalue weighted by Crippen LogP contribution is 2.39. The van der Waals surface area contributed by atoms with Crippen LogP contribution in [0.25, 0.3) is 0 Å². The number of nitrogens with zero attached hydrogens (tertiary/aromatic N) is 1. The van der Waals surface area contributed by atoms with Crippen LogP contribution in [0.2, 0.25) is 0 Å². The summed E-state index contributed by atoms with van der Waals surface area (Å²) in [7, 11) is 4.72. The van der Waals surface area contributed by atoms with Gasteiger partial charge in [0.15, 0.2) is 11.5 Å². The first-order valence-electron chi connectivity index (χ1n) is 4.56. The van der Waals surface area contributed by atoms with Crippen molar-refractivity contribution >= 4 is 11.8 Å². The van der Waals surface area contributed by atoms with Crippen molar-refractivity contribution in [2.24, 2.45) is 0 Å². The highest BCUT2D eigenvalue weighted by Gasteiger charge is 2.11. The summed E-state index contributed by atoms with van der Waals surface area (Å²) in [5.74, 6) is 2.29. The Kier molecular flexibility index (Phi) is 4.80. The molecule has 5 heteroatoms. The average Bonchev–Trinajstić information content (AvgIpc) is 2.35. The molecule has 0 saturated heterocycles. The molecule has 0 bridgehead atoms. The highest BCUT2D eigenvalue weighted by atomic mass is 32.2. The molecule has 0 amide bonds. The molecular formula is C11H13NO3S. The van der Waals surface area contributed by atoms with Crippen LogP contribution >= 0.6 is 11.8 Å². The molecule has 1 rings (SSSR count).